The van der Waals surface area contributed by atoms with E-state index in [1.54, 1.807) is 42.6 Å². The number of benzene rings is 3. The maximum Gasteiger partial charge on any atom is 0.264 e. The molecule has 0 aliphatic carbocycles. The molecular weight excluding hydrogens is 508 g/mol. The molecule has 1 aromatic heterocycles. The van der Waals surface area contributed by atoms with Gasteiger partial charge in [0.25, 0.3) is 15.9 Å². The number of carbonyl (C=O) groups excluding carboxylic acids is 1. The lowest BCUT2D eigenvalue weighted by molar-refractivity contribution is -0.119. The van der Waals surface area contributed by atoms with Gasteiger partial charge >= 0.3 is 0 Å². The molecule has 1 amide bonds. The van der Waals surface area contributed by atoms with Crippen molar-refractivity contribution in [2.24, 2.45) is 5.10 Å². The zero-order valence-corrected chi connectivity index (χ0v) is 24.0. The number of nitrogens with one attached hydrogen (secondary N) is 1. The van der Waals surface area contributed by atoms with Gasteiger partial charge in [-0.15, -0.1) is 0 Å². The molecule has 3 aromatic carbocycles. The normalized spacial score (nSPS) is 11.6. The Labute approximate surface area is 230 Å². The Morgan fingerprint density at radius 1 is 0.846 bits per heavy atom. The summed E-state index contributed by atoms with van der Waals surface area (Å²) in [5, 5.41) is 4.15. The highest BCUT2D eigenvalue weighted by Crippen LogP contribution is 2.25. The first-order chi connectivity index (χ1) is 18.5. The Kier molecular flexibility index (Phi) is 8.06. The van der Waals surface area contributed by atoms with Gasteiger partial charge < -0.3 is 4.57 Å². The molecule has 202 valence electrons. The van der Waals surface area contributed by atoms with Crippen LogP contribution in [0.3, 0.4) is 0 Å². The van der Waals surface area contributed by atoms with Crippen LogP contribution in [0.4, 0.5) is 5.69 Å². The van der Waals surface area contributed by atoms with Crippen molar-refractivity contribution in [1.29, 1.82) is 0 Å². The molecule has 39 heavy (non-hydrogen) atoms. The van der Waals surface area contributed by atoms with Crippen LogP contribution < -0.4 is 9.73 Å². The van der Waals surface area contributed by atoms with Crippen molar-refractivity contribution in [2.75, 3.05) is 10.8 Å². The van der Waals surface area contributed by atoms with Gasteiger partial charge in [0.2, 0.25) is 0 Å². The second-order valence-corrected chi connectivity index (χ2v) is 11.8. The van der Waals surface area contributed by atoms with Gasteiger partial charge in [-0.3, -0.25) is 9.10 Å². The van der Waals surface area contributed by atoms with Crippen LogP contribution in [0.5, 0.6) is 0 Å². The van der Waals surface area contributed by atoms with Gasteiger partial charge in [0.05, 0.1) is 16.8 Å². The number of hydrogen-bond donors (Lipinski definition) is 1. The lowest BCUT2D eigenvalue weighted by Gasteiger charge is -2.24. The van der Waals surface area contributed by atoms with E-state index in [2.05, 4.69) is 47.1 Å². The largest absolute Gasteiger partial charge is 0.318 e. The number of amides is 1. The predicted octanol–water partition coefficient (Wildman–Crippen LogP) is 5.67. The van der Waals surface area contributed by atoms with Crippen LogP contribution in [0.2, 0.25) is 0 Å². The molecule has 0 saturated heterocycles. The van der Waals surface area contributed by atoms with Crippen LogP contribution in [0.15, 0.2) is 82.8 Å². The maximum absolute atomic E-state index is 13.5. The first-order valence-electron chi connectivity index (χ1n) is 12.7. The number of carbonyl (C=O) groups is 1. The molecule has 0 aliphatic heterocycles. The first-order valence-corrected chi connectivity index (χ1v) is 14.2. The maximum atomic E-state index is 13.5. The van der Waals surface area contributed by atoms with Gasteiger partial charge in [-0.05, 0) is 83.5 Å². The molecule has 0 saturated carbocycles. The Balaban J connectivity index is 1.56. The highest BCUT2D eigenvalue weighted by Gasteiger charge is 2.27. The number of hydrazone groups is 1. The summed E-state index contributed by atoms with van der Waals surface area (Å²) >= 11 is 0. The SMILES string of the molecule is Cc1ccc(N(CC(=O)N/N=C/c2cc(C)n(-c3ccc(C)cc3C)c2C)S(=O)(=O)c2ccc(C)cc2)cc1. The number of anilines is 1. The van der Waals surface area contributed by atoms with E-state index in [0.717, 1.165) is 38.1 Å². The van der Waals surface area contributed by atoms with Crippen molar-refractivity contribution in [3.63, 3.8) is 0 Å². The van der Waals surface area contributed by atoms with Crippen LogP contribution in [0, 0.1) is 41.5 Å². The van der Waals surface area contributed by atoms with Crippen molar-refractivity contribution in [3.05, 3.63) is 112 Å². The zero-order valence-electron chi connectivity index (χ0n) is 23.2. The van der Waals surface area contributed by atoms with E-state index in [0.29, 0.717) is 5.69 Å². The fourth-order valence-corrected chi connectivity index (χ4v) is 5.97. The van der Waals surface area contributed by atoms with Crippen LogP contribution in [0.25, 0.3) is 5.69 Å². The molecule has 7 nitrogen and oxygen atoms in total. The van der Waals surface area contributed by atoms with Gasteiger partial charge in [-0.25, -0.2) is 13.8 Å². The van der Waals surface area contributed by atoms with E-state index in [9.17, 15) is 13.2 Å². The second-order valence-electron chi connectivity index (χ2n) is 9.91. The number of hydrogen-bond acceptors (Lipinski definition) is 4. The van der Waals surface area contributed by atoms with Crippen molar-refractivity contribution in [2.45, 2.75) is 46.4 Å². The molecule has 1 N–H and O–H groups in total. The third-order valence-electron chi connectivity index (χ3n) is 6.67. The highest BCUT2D eigenvalue weighted by molar-refractivity contribution is 7.92. The number of nitrogens with zero attached hydrogens (tertiary/aromatic N) is 3. The summed E-state index contributed by atoms with van der Waals surface area (Å²) in [6.45, 7) is 11.6. The van der Waals surface area contributed by atoms with Gasteiger partial charge in [0.15, 0.2) is 0 Å². The summed E-state index contributed by atoms with van der Waals surface area (Å²) in [5.74, 6) is -0.550. The molecule has 1 heterocycles. The fourth-order valence-electron chi connectivity index (χ4n) is 4.55. The third kappa shape index (κ3) is 6.12. The van der Waals surface area contributed by atoms with Crippen molar-refractivity contribution in [1.82, 2.24) is 9.99 Å². The number of sulfonamides is 1. The molecule has 0 unspecified atom stereocenters. The van der Waals surface area contributed by atoms with E-state index in [-0.39, 0.29) is 4.90 Å². The molecular formula is C31H34N4O3S. The lowest BCUT2D eigenvalue weighted by Crippen LogP contribution is -2.39. The van der Waals surface area contributed by atoms with E-state index >= 15 is 0 Å². The Bertz CT molecular complexity index is 1630. The van der Waals surface area contributed by atoms with Crippen LogP contribution in [-0.2, 0) is 14.8 Å². The standard InChI is InChI=1S/C31H34N4O3S/c1-21-7-12-28(13-8-21)34(39(37,38)29-14-9-22(2)10-15-29)20-31(36)33-32-19-27-18-25(5)35(26(27)6)30-16-11-23(3)17-24(30)4/h7-19H,20H2,1-6H3,(H,33,36)/b32-19+. The predicted molar refractivity (Wildman–Crippen MR) is 157 cm³/mol. The molecule has 8 heteroatoms. The number of aromatic nitrogens is 1. The smallest absolute Gasteiger partial charge is 0.264 e. The van der Waals surface area contributed by atoms with Crippen LogP contribution in [-0.4, -0.2) is 31.7 Å². The van der Waals surface area contributed by atoms with Crippen LogP contribution in [0.1, 0.15) is 39.2 Å². The molecule has 0 aliphatic rings. The molecule has 4 rings (SSSR count). The zero-order chi connectivity index (χ0) is 28.3. The lowest BCUT2D eigenvalue weighted by atomic mass is 10.1. The monoisotopic (exact) mass is 542 g/mol. The molecule has 0 bridgehead atoms. The minimum Gasteiger partial charge on any atom is -0.318 e. The third-order valence-corrected chi connectivity index (χ3v) is 8.46. The number of aryl methyl sites for hydroxylation is 5. The van der Waals surface area contributed by atoms with E-state index in [1.165, 1.54) is 11.1 Å². The molecule has 0 fully saturated rings. The molecule has 0 atom stereocenters. The summed E-state index contributed by atoms with van der Waals surface area (Å²) in [4.78, 5) is 13.0. The van der Waals surface area contributed by atoms with Crippen molar-refractivity contribution in [3.8, 4) is 5.69 Å². The molecule has 0 spiro atoms. The topological polar surface area (TPSA) is 83.8 Å². The van der Waals surface area contributed by atoms with Gasteiger partial charge in [0.1, 0.15) is 6.54 Å². The highest BCUT2D eigenvalue weighted by atomic mass is 32.2. The summed E-state index contributed by atoms with van der Waals surface area (Å²) in [5.41, 5.74) is 11.2. The van der Waals surface area contributed by atoms with Gasteiger partial charge in [-0.2, -0.15) is 5.10 Å². The Morgan fingerprint density at radius 3 is 2.05 bits per heavy atom. The van der Waals surface area contributed by atoms with Gasteiger partial charge in [0, 0.05) is 22.6 Å². The number of rotatable bonds is 8. The average molecular weight is 543 g/mol. The van der Waals surface area contributed by atoms with Gasteiger partial charge in [-0.1, -0.05) is 53.1 Å². The van der Waals surface area contributed by atoms with Crippen LogP contribution >= 0.6 is 0 Å². The summed E-state index contributed by atoms with van der Waals surface area (Å²) in [6.07, 6.45) is 1.59. The van der Waals surface area contributed by atoms with E-state index < -0.39 is 22.5 Å². The van der Waals surface area contributed by atoms with Crippen molar-refractivity contribution < 1.29 is 13.2 Å². The Hall–Kier alpha value is -4.17. The fraction of sp³-hybridized carbons (Fsp3) is 0.226. The van der Waals surface area contributed by atoms with E-state index in [1.807, 2.05) is 45.9 Å². The minimum atomic E-state index is -3.99. The Morgan fingerprint density at radius 2 is 1.44 bits per heavy atom. The second kappa shape index (κ2) is 11.3. The quantitative estimate of drug-likeness (QED) is 0.230. The minimum absolute atomic E-state index is 0.115. The molecule has 0 radical (unpaired) electrons. The average Bonchev–Trinajstić information content (AvgIpc) is 3.16. The van der Waals surface area contributed by atoms with E-state index in [4.69, 9.17) is 0 Å². The summed E-state index contributed by atoms with van der Waals surface area (Å²) in [6, 6.07) is 21.9. The summed E-state index contributed by atoms with van der Waals surface area (Å²) < 4.78 is 30.3. The summed E-state index contributed by atoms with van der Waals surface area (Å²) in [7, 11) is -3.99. The molecule has 4 aromatic rings. The first kappa shape index (κ1) is 27.9. The van der Waals surface area contributed by atoms with Crippen molar-refractivity contribution >= 4 is 27.8 Å².